The third kappa shape index (κ3) is 3.42. The van der Waals surface area contributed by atoms with E-state index in [4.69, 9.17) is 17.1 Å². The lowest BCUT2D eigenvalue weighted by molar-refractivity contribution is 0.0457. The summed E-state index contributed by atoms with van der Waals surface area (Å²) in [6, 6.07) is 1.45. The van der Waals surface area contributed by atoms with Crippen molar-refractivity contribution in [3.05, 3.63) is 22.5 Å². The van der Waals surface area contributed by atoms with Crippen LogP contribution >= 0.6 is 11.6 Å². The van der Waals surface area contributed by atoms with E-state index >= 15 is 0 Å². The average Bonchev–Trinajstić information content (AvgIpc) is 2.43. The van der Waals surface area contributed by atoms with Crippen LogP contribution in [0, 0.1) is 18.3 Å². The van der Waals surface area contributed by atoms with E-state index in [2.05, 4.69) is 10.4 Å². The van der Waals surface area contributed by atoms with Gasteiger partial charge in [-0.15, -0.1) is 0 Å². The molecule has 0 atom stereocenters. The van der Waals surface area contributed by atoms with Crippen molar-refractivity contribution in [3.63, 3.8) is 0 Å². The van der Waals surface area contributed by atoms with Crippen LogP contribution in [0.5, 0.6) is 0 Å². The van der Waals surface area contributed by atoms with E-state index in [0.717, 1.165) is 0 Å². The van der Waals surface area contributed by atoms with Crippen LogP contribution < -0.4 is 5.32 Å². The molecule has 0 aromatic heterocycles. The molecule has 6 heteroatoms. The highest BCUT2D eigenvalue weighted by atomic mass is 35.5. The molecular formula is C13H19ClFN3O. The van der Waals surface area contributed by atoms with Gasteiger partial charge in [0.05, 0.1) is 11.3 Å². The first-order chi connectivity index (χ1) is 8.88. The van der Waals surface area contributed by atoms with Crippen molar-refractivity contribution >= 4 is 23.0 Å². The van der Waals surface area contributed by atoms with Gasteiger partial charge in [0, 0.05) is 6.54 Å². The molecule has 0 saturated heterocycles. The van der Waals surface area contributed by atoms with Gasteiger partial charge in [-0.3, -0.25) is 0 Å². The summed E-state index contributed by atoms with van der Waals surface area (Å²) >= 11 is 5.94. The molecule has 1 aromatic carbocycles. The zero-order valence-electron chi connectivity index (χ0n) is 11.3. The van der Waals surface area contributed by atoms with Crippen LogP contribution in [0.25, 0.3) is 0 Å². The van der Waals surface area contributed by atoms with Gasteiger partial charge < -0.3 is 10.4 Å². The smallest absolute Gasteiger partial charge is 0.146 e. The Kier molecular flexibility index (Phi) is 5.26. The number of anilines is 1. The molecule has 0 aliphatic carbocycles. The maximum Gasteiger partial charge on any atom is 0.146 e. The Hall–Kier alpha value is -1.20. The van der Waals surface area contributed by atoms with Crippen molar-refractivity contribution in [2.24, 2.45) is 5.11 Å². The predicted octanol–water partition coefficient (Wildman–Crippen LogP) is 4.41. The summed E-state index contributed by atoms with van der Waals surface area (Å²) in [5.41, 5.74) is 7.08. The number of hydrogen-bond donors (Lipinski definition) is 3. The molecule has 0 saturated carbocycles. The molecule has 0 unspecified atom stereocenters. The van der Waals surface area contributed by atoms with Crippen LogP contribution in [0.4, 0.5) is 15.8 Å². The Morgan fingerprint density at radius 1 is 1.47 bits per heavy atom. The van der Waals surface area contributed by atoms with Crippen LogP contribution in [-0.4, -0.2) is 17.3 Å². The SMILES string of the molecule is CCC(O)(CC)CNc1c(N=N)cc(C)c(F)c1Cl. The highest BCUT2D eigenvalue weighted by molar-refractivity contribution is 6.34. The van der Waals surface area contributed by atoms with E-state index in [9.17, 15) is 9.50 Å². The lowest BCUT2D eigenvalue weighted by Gasteiger charge is -2.26. The topological polar surface area (TPSA) is 68.5 Å². The van der Waals surface area contributed by atoms with Gasteiger partial charge in [-0.1, -0.05) is 25.4 Å². The molecule has 4 nitrogen and oxygen atoms in total. The highest BCUT2D eigenvalue weighted by Crippen LogP contribution is 2.37. The molecule has 1 aromatic rings. The van der Waals surface area contributed by atoms with Crippen LogP contribution in [0.1, 0.15) is 32.3 Å². The number of nitrogens with zero attached hydrogens (tertiary/aromatic N) is 1. The quantitative estimate of drug-likeness (QED) is 0.678. The molecule has 0 amide bonds. The summed E-state index contributed by atoms with van der Waals surface area (Å²) in [6.45, 7) is 5.54. The lowest BCUT2D eigenvalue weighted by Crippen LogP contribution is -2.35. The fraction of sp³-hybridized carbons (Fsp3) is 0.538. The van der Waals surface area contributed by atoms with Gasteiger partial charge in [-0.25, -0.2) is 9.92 Å². The van der Waals surface area contributed by atoms with Gasteiger partial charge in [0.25, 0.3) is 0 Å². The lowest BCUT2D eigenvalue weighted by atomic mass is 9.97. The Bertz CT molecular complexity index is 475. The van der Waals surface area contributed by atoms with E-state index in [1.54, 1.807) is 6.92 Å². The summed E-state index contributed by atoms with van der Waals surface area (Å²) in [6.07, 6.45) is 1.13. The number of halogens is 2. The molecule has 19 heavy (non-hydrogen) atoms. The molecule has 0 bridgehead atoms. The molecule has 0 fully saturated rings. The van der Waals surface area contributed by atoms with Crippen molar-refractivity contribution in [2.45, 2.75) is 39.2 Å². The number of rotatable bonds is 6. The fourth-order valence-electron chi connectivity index (χ4n) is 1.75. The molecule has 0 aliphatic heterocycles. The third-order valence-electron chi connectivity index (χ3n) is 3.40. The summed E-state index contributed by atoms with van der Waals surface area (Å²) in [4.78, 5) is 0. The second-order valence-electron chi connectivity index (χ2n) is 4.61. The number of aryl methyl sites for hydroxylation is 1. The average molecular weight is 288 g/mol. The van der Waals surface area contributed by atoms with Crippen LogP contribution in [0.15, 0.2) is 11.2 Å². The second-order valence-corrected chi connectivity index (χ2v) is 4.99. The minimum atomic E-state index is -0.885. The molecule has 106 valence electrons. The number of nitrogens with one attached hydrogen (secondary N) is 2. The van der Waals surface area contributed by atoms with Crippen LogP contribution in [0.3, 0.4) is 0 Å². The molecular weight excluding hydrogens is 269 g/mol. The zero-order valence-corrected chi connectivity index (χ0v) is 12.1. The zero-order chi connectivity index (χ0) is 14.6. The van der Waals surface area contributed by atoms with E-state index in [-0.39, 0.29) is 22.9 Å². The van der Waals surface area contributed by atoms with E-state index < -0.39 is 11.4 Å². The monoisotopic (exact) mass is 287 g/mol. The van der Waals surface area contributed by atoms with Gasteiger partial charge in [-0.2, -0.15) is 5.11 Å². The van der Waals surface area contributed by atoms with Crippen molar-refractivity contribution in [2.75, 3.05) is 11.9 Å². The number of aliphatic hydroxyl groups is 1. The van der Waals surface area contributed by atoms with Gasteiger partial charge in [-0.05, 0) is 31.4 Å². The first-order valence-corrected chi connectivity index (χ1v) is 6.58. The first-order valence-electron chi connectivity index (χ1n) is 6.20. The van der Waals surface area contributed by atoms with Crippen molar-refractivity contribution in [1.82, 2.24) is 0 Å². The normalized spacial score (nSPS) is 11.5. The number of hydrogen-bond acceptors (Lipinski definition) is 4. The van der Waals surface area contributed by atoms with E-state index in [1.165, 1.54) is 6.07 Å². The van der Waals surface area contributed by atoms with Crippen molar-refractivity contribution in [1.29, 1.82) is 5.53 Å². The Morgan fingerprint density at radius 3 is 2.53 bits per heavy atom. The van der Waals surface area contributed by atoms with Crippen molar-refractivity contribution < 1.29 is 9.50 Å². The molecule has 0 spiro atoms. The Balaban J connectivity index is 3.07. The predicted molar refractivity (Wildman–Crippen MR) is 75.0 cm³/mol. The Morgan fingerprint density at radius 2 is 2.05 bits per heavy atom. The van der Waals surface area contributed by atoms with Gasteiger partial charge >= 0.3 is 0 Å². The summed E-state index contributed by atoms with van der Waals surface area (Å²) < 4.78 is 13.8. The Labute approximate surface area is 117 Å². The third-order valence-corrected chi connectivity index (χ3v) is 3.75. The summed E-state index contributed by atoms with van der Waals surface area (Å²) in [5.74, 6) is -0.534. The maximum absolute atomic E-state index is 13.8. The van der Waals surface area contributed by atoms with Crippen LogP contribution in [0.2, 0.25) is 5.02 Å². The minimum absolute atomic E-state index is 0.0967. The number of benzene rings is 1. The van der Waals surface area contributed by atoms with Gasteiger partial charge in [0.15, 0.2) is 0 Å². The standard InChI is InChI=1S/C13H19ClFN3O/c1-4-13(19,5-2)7-17-12-9(18-16)6-8(3)11(15)10(12)14/h6,16-17,19H,4-5,7H2,1-3H3. The first kappa shape index (κ1) is 15.9. The molecule has 1 rings (SSSR count). The minimum Gasteiger partial charge on any atom is -0.388 e. The van der Waals surface area contributed by atoms with Crippen LogP contribution in [-0.2, 0) is 0 Å². The second kappa shape index (κ2) is 6.30. The van der Waals surface area contributed by atoms with E-state index in [0.29, 0.717) is 18.4 Å². The summed E-state index contributed by atoms with van der Waals surface area (Å²) in [7, 11) is 0. The van der Waals surface area contributed by atoms with E-state index in [1.807, 2.05) is 13.8 Å². The highest BCUT2D eigenvalue weighted by Gasteiger charge is 2.23. The molecule has 0 aliphatic rings. The maximum atomic E-state index is 13.8. The molecule has 3 N–H and O–H groups in total. The largest absolute Gasteiger partial charge is 0.388 e. The molecule has 0 heterocycles. The fourth-order valence-corrected chi connectivity index (χ4v) is 2.06. The summed E-state index contributed by atoms with van der Waals surface area (Å²) in [5, 5.41) is 16.3. The van der Waals surface area contributed by atoms with Crippen molar-refractivity contribution in [3.8, 4) is 0 Å². The van der Waals surface area contributed by atoms with Gasteiger partial charge in [0.2, 0.25) is 0 Å². The van der Waals surface area contributed by atoms with Gasteiger partial charge in [0.1, 0.15) is 16.5 Å². The molecule has 0 radical (unpaired) electrons.